The molecule has 0 radical (unpaired) electrons. The summed E-state index contributed by atoms with van der Waals surface area (Å²) in [5, 5.41) is 0. The van der Waals surface area contributed by atoms with Crippen LogP contribution in [0.5, 0.6) is 0 Å². The van der Waals surface area contributed by atoms with Gasteiger partial charge in [0.2, 0.25) is 0 Å². The van der Waals surface area contributed by atoms with Crippen LogP contribution in [0.2, 0.25) is 0 Å². The number of hydrogen-bond donors (Lipinski definition) is 0. The summed E-state index contributed by atoms with van der Waals surface area (Å²) in [6, 6.07) is 6.02. The molecule has 0 spiro atoms. The molecule has 86 valence electrons. The number of carbonyl (C=O) groups is 1. The molecule has 0 heterocycles. The molecule has 2 nitrogen and oxygen atoms in total. The van der Waals surface area contributed by atoms with Crippen LogP contribution in [0.15, 0.2) is 30.3 Å². The average Bonchev–Trinajstić information content (AvgIpc) is 2.27. The van der Waals surface area contributed by atoms with Crippen molar-refractivity contribution in [2.24, 2.45) is 0 Å². The van der Waals surface area contributed by atoms with Gasteiger partial charge in [-0.2, -0.15) is 0 Å². The van der Waals surface area contributed by atoms with E-state index < -0.39 is 12.4 Å². The second kappa shape index (κ2) is 6.00. The van der Waals surface area contributed by atoms with Gasteiger partial charge in [-0.25, -0.2) is 13.6 Å². The number of alkyl halides is 2. The van der Waals surface area contributed by atoms with Gasteiger partial charge in [0.15, 0.2) is 0 Å². The van der Waals surface area contributed by atoms with Crippen LogP contribution in [-0.2, 0) is 9.53 Å². The van der Waals surface area contributed by atoms with Gasteiger partial charge < -0.3 is 4.74 Å². The van der Waals surface area contributed by atoms with E-state index >= 15 is 0 Å². The van der Waals surface area contributed by atoms with Gasteiger partial charge in [-0.05, 0) is 18.6 Å². The third kappa shape index (κ3) is 3.46. The maximum Gasteiger partial charge on any atom is 0.330 e. The number of hydrogen-bond acceptors (Lipinski definition) is 2. The smallest absolute Gasteiger partial charge is 0.330 e. The zero-order valence-electron chi connectivity index (χ0n) is 8.82. The lowest BCUT2D eigenvalue weighted by molar-refractivity contribution is -0.137. The number of halogens is 2. The molecule has 1 aromatic carbocycles. The number of esters is 1. The fourth-order valence-electron chi connectivity index (χ4n) is 1.21. The zero-order valence-corrected chi connectivity index (χ0v) is 8.82. The highest BCUT2D eigenvalue weighted by Gasteiger charge is 2.09. The summed E-state index contributed by atoms with van der Waals surface area (Å²) in [6.07, 6.45) is -0.0763. The second-order valence-electron chi connectivity index (χ2n) is 3.01. The lowest BCUT2D eigenvalue weighted by Crippen LogP contribution is -1.99. The Morgan fingerprint density at radius 3 is 2.75 bits per heavy atom. The number of carbonyl (C=O) groups excluding carboxylic acids is 1. The quantitative estimate of drug-likeness (QED) is 0.582. The van der Waals surface area contributed by atoms with Crippen LogP contribution in [0.3, 0.4) is 0 Å². The predicted octanol–water partition coefficient (Wildman–Crippen LogP) is 3.20. The van der Waals surface area contributed by atoms with Crippen molar-refractivity contribution in [1.29, 1.82) is 0 Å². The van der Waals surface area contributed by atoms with E-state index in [0.717, 1.165) is 6.08 Å². The molecule has 0 amide bonds. The fraction of sp³-hybridized carbons (Fsp3) is 0.250. The third-order valence-corrected chi connectivity index (χ3v) is 1.92. The second-order valence-corrected chi connectivity index (χ2v) is 3.01. The minimum Gasteiger partial charge on any atom is -0.463 e. The highest BCUT2D eigenvalue weighted by atomic mass is 19.3. The van der Waals surface area contributed by atoms with Crippen LogP contribution in [0.25, 0.3) is 6.08 Å². The molecule has 0 bridgehead atoms. The SMILES string of the molecule is CCOC(=O)C=Cc1ccccc1C(F)F. The first kappa shape index (κ1) is 12.4. The van der Waals surface area contributed by atoms with E-state index in [0.29, 0.717) is 5.56 Å². The summed E-state index contributed by atoms with van der Waals surface area (Å²) in [5.41, 5.74) is 0.230. The molecule has 0 unspecified atom stereocenters. The molecule has 0 fully saturated rings. The van der Waals surface area contributed by atoms with Crippen LogP contribution in [0, 0.1) is 0 Å². The van der Waals surface area contributed by atoms with Gasteiger partial charge in [-0.15, -0.1) is 0 Å². The van der Waals surface area contributed by atoms with Crippen LogP contribution in [0.1, 0.15) is 24.5 Å². The van der Waals surface area contributed by atoms with Gasteiger partial charge in [0.1, 0.15) is 0 Å². The molecule has 0 saturated carbocycles. The first-order valence-corrected chi connectivity index (χ1v) is 4.87. The van der Waals surface area contributed by atoms with Crippen LogP contribution in [0.4, 0.5) is 8.78 Å². The number of benzene rings is 1. The molecular formula is C12H12F2O2. The molecule has 1 aromatic rings. The van der Waals surface area contributed by atoms with Crippen molar-refractivity contribution in [1.82, 2.24) is 0 Å². The Hall–Kier alpha value is -1.71. The molecular weight excluding hydrogens is 214 g/mol. The summed E-state index contributed by atoms with van der Waals surface area (Å²) >= 11 is 0. The Balaban J connectivity index is 2.84. The standard InChI is InChI=1S/C12H12F2O2/c1-2-16-11(15)8-7-9-5-3-4-6-10(9)12(13)14/h3-8,12H,2H2,1H3. The van der Waals surface area contributed by atoms with Gasteiger partial charge in [0.05, 0.1) is 6.61 Å². The van der Waals surface area contributed by atoms with Crippen LogP contribution < -0.4 is 0 Å². The molecule has 0 aromatic heterocycles. The Bertz CT molecular complexity index is 386. The third-order valence-electron chi connectivity index (χ3n) is 1.92. The van der Waals surface area contributed by atoms with Crippen molar-refractivity contribution in [3.63, 3.8) is 0 Å². The van der Waals surface area contributed by atoms with Gasteiger partial charge in [-0.1, -0.05) is 24.3 Å². The molecule has 0 aliphatic carbocycles. The molecule has 0 atom stereocenters. The van der Waals surface area contributed by atoms with Gasteiger partial charge in [0, 0.05) is 11.6 Å². The summed E-state index contributed by atoms with van der Waals surface area (Å²) in [5.74, 6) is -0.536. The van der Waals surface area contributed by atoms with E-state index in [1.54, 1.807) is 13.0 Å². The summed E-state index contributed by atoms with van der Waals surface area (Å²) in [6.45, 7) is 1.94. The highest BCUT2D eigenvalue weighted by molar-refractivity contribution is 5.87. The molecule has 0 saturated heterocycles. The van der Waals surface area contributed by atoms with Crippen LogP contribution in [-0.4, -0.2) is 12.6 Å². The topological polar surface area (TPSA) is 26.3 Å². The van der Waals surface area contributed by atoms with E-state index in [-0.39, 0.29) is 12.2 Å². The Morgan fingerprint density at radius 1 is 1.44 bits per heavy atom. The van der Waals surface area contributed by atoms with Crippen LogP contribution >= 0.6 is 0 Å². The lowest BCUT2D eigenvalue weighted by atomic mass is 10.1. The zero-order chi connectivity index (χ0) is 12.0. The molecule has 4 heteroatoms. The normalized spacial score (nSPS) is 11.0. The van der Waals surface area contributed by atoms with E-state index in [1.807, 2.05) is 0 Å². The van der Waals surface area contributed by atoms with Crippen molar-refractivity contribution in [3.05, 3.63) is 41.5 Å². The van der Waals surface area contributed by atoms with E-state index in [9.17, 15) is 13.6 Å². The minimum absolute atomic E-state index is 0.0944. The van der Waals surface area contributed by atoms with Gasteiger partial charge >= 0.3 is 5.97 Å². The Kier molecular flexibility index (Phi) is 4.64. The fourth-order valence-corrected chi connectivity index (χ4v) is 1.21. The molecule has 16 heavy (non-hydrogen) atoms. The largest absolute Gasteiger partial charge is 0.463 e. The van der Waals surface area contributed by atoms with E-state index in [2.05, 4.69) is 4.74 Å². The summed E-state index contributed by atoms with van der Waals surface area (Å²) in [7, 11) is 0. The molecule has 1 rings (SSSR count). The number of ether oxygens (including phenoxy) is 1. The van der Waals surface area contributed by atoms with Crippen molar-refractivity contribution in [2.45, 2.75) is 13.3 Å². The number of rotatable bonds is 4. The van der Waals surface area contributed by atoms with E-state index in [4.69, 9.17) is 0 Å². The van der Waals surface area contributed by atoms with Crippen molar-refractivity contribution in [2.75, 3.05) is 6.61 Å². The maximum absolute atomic E-state index is 12.5. The maximum atomic E-state index is 12.5. The monoisotopic (exact) mass is 226 g/mol. The average molecular weight is 226 g/mol. The molecule has 0 aliphatic rings. The van der Waals surface area contributed by atoms with Gasteiger partial charge in [0.25, 0.3) is 6.43 Å². The Morgan fingerprint density at radius 2 is 2.12 bits per heavy atom. The van der Waals surface area contributed by atoms with E-state index in [1.165, 1.54) is 24.3 Å². The minimum atomic E-state index is -2.55. The van der Waals surface area contributed by atoms with Crippen molar-refractivity contribution < 1.29 is 18.3 Å². The first-order chi connectivity index (χ1) is 7.65. The Labute approximate surface area is 92.5 Å². The van der Waals surface area contributed by atoms with Crippen molar-refractivity contribution >= 4 is 12.0 Å². The summed E-state index contributed by atoms with van der Waals surface area (Å²) < 4.78 is 29.8. The molecule has 0 aliphatic heterocycles. The van der Waals surface area contributed by atoms with Crippen molar-refractivity contribution in [3.8, 4) is 0 Å². The summed E-state index contributed by atoms with van der Waals surface area (Å²) in [4.78, 5) is 11.0. The first-order valence-electron chi connectivity index (χ1n) is 4.87. The van der Waals surface area contributed by atoms with Gasteiger partial charge in [-0.3, -0.25) is 0 Å². The predicted molar refractivity (Wildman–Crippen MR) is 57.1 cm³/mol. The highest BCUT2D eigenvalue weighted by Crippen LogP contribution is 2.23. The lowest BCUT2D eigenvalue weighted by Gasteiger charge is -2.03. The molecule has 0 N–H and O–H groups in total.